The van der Waals surface area contributed by atoms with E-state index < -0.39 is 11.8 Å². The highest BCUT2D eigenvalue weighted by Gasteiger charge is 2.27. The van der Waals surface area contributed by atoms with Gasteiger partial charge in [0.05, 0.1) is 12.6 Å². The van der Waals surface area contributed by atoms with Gasteiger partial charge in [-0.2, -0.15) is 0 Å². The second kappa shape index (κ2) is 6.56. The first-order valence-corrected chi connectivity index (χ1v) is 5.95. The SMILES string of the molecule is CC(CO)N(C)C(=O)C(=O)N1CCCNCC1. The zero-order valence-corrected chi connectivity index (χ0v) is 10.5. The van der Waals surface area contributed by atoms with E-state index in [0.717, 1.165) is 19.5 Å². The van der Waals surface area contributed by atoms with Crippen LogP contribution in [-0.2, 0) is 9.59 Å². The van der Waals surface area contributed by atoms with Gasteiger partial charge < -0.3 is 20.2 Å². The normalized spacial score (nSPS) is 18.4. The van der Waals surface area contributed by atoms with Gasteiger partial charge in [-0.05, 0) is 19.9 Å². The molecule has 0 bridgehead atoms. The molecule has 98 valence electrons. The van der Waals surface area contributed by atoms with Crippen molar-refractivity contribution < 1.29 is 14.7 Å². The summed E-state index contributed by atoms with van der Waals surface area (Å²) >= 11 is 0. The fraction of sp³-hybridized carbons (Fsp3) is 0.818. The molecule has 0 aromatic heterocycles. The van der Waals surface area contributed by atoms with Crippen molar-refractivity contribution in [3.05, 3.63) is 0 Å². The van der Waals surface area contributed by atoms with E-state index in [0.29, 0.717) is 13.1 Å². The molecule has 1 heterocycles. The van der Waals surface area contributed by atoms with Gasteiger partial charge in [-0.15, -0.1) is 0 Å². The number of hydrogen-bond acceptors (Lipinski definition) is 4. The largest absolute Gasteiger partial charge is 0.394 e. The molecule has 0 spiro atoms. The molecule has 17 heavy (non-hydrogen) atoms. The van der Waals surface area contributed by atoms with Crippen LogP contribution in [0.5, 0.6) is 0 Å². The lowest BCUT2D eigenvalue weighted by Gasteiger charge is -2.26. The van der Waals surface area contributed by atoms with Gasteiger partial charge in [0.25, 0.3) is 0 Å². The van der Waals surface area contributed by atoms with Crippen molar-refractivity contribution in [2.45, 2.75) is 19.4 Å². The first-order valence-electron chi connectivity index (χ1n) is 5.95. The number of hydrogen-bond donors (Lipinski definition) is 2. The standard InChI is InChI=1S/C11H21N3O3/c1-9(8-15)13(2)10(16)11(17)14-6-3-4-12-5-7-14/h9,12,15H,3-8H2,1-2H3. The van der Waals surface area contributed by atoms with Crippen LogP contribution in [0.1, 0.15) is 13.3 Å². The van der Waals surface area contributed by atoms with Gasteiger partial charge in [-0.1, -0.05) is 0 Å². The molecule has 0 radical (unpaired) electrons. The summed E-state index contributed by atoms with van der Waals surface area (Å²) in [7, 11) is 1.54. The fourth-order valence-corrected chi connectivity index (χ4v) is 1.66. The summed E-state index contributed by atoms with van der Waals surface area (Å²) in [6.45, 7) is 4.33. The molecule has 0 aliphatic carbocycles. The Kier molecular flexibility index (Phi) is 5.37. The zero-order valence-electron chi connectivity index (χ0n) is 10.5. The van der Waals surface area contributed by atoms with Crippen molar-refractivity contribution in [2.75, 3.05) is 39.8 Å². The van der Waals surface area contributed by atoms with E-state index in [1.165, 1.54) is 11.9 Å². The summed E-state index contributed by atoms with van der Waals surface area (Å²) in [5.41, 5.74) is 0. The molecule has 6 heteroatoms. The first kappa shape index (κ1) is 13.9. The summed E-state index contributed by atoms with van der Waals surface area (Å²) in [4.78, 5) is 26.7. The van der Waals surface area contributed by atoms with E-state index in [4.69, 9.17) is 5.11 Å². The van der Waals surface area contributed by atoms with Crippen LogP contribution in [0.25, 0.3) is 0 Å². The Bertz CT molecular complexity index is 275. The predicted octanol–water partition coefficient (Wildman–Crippen LogP) is -1.35. The van der Waals surface area contributed by atoms with Gasteiger partial charge >= 0.3 is 11.8 Å². The van der Waals surface area contributed by atoms with Crippen LogP contribution >= 0.6 is 0 Å². The molecule has 1 rings (SSSR count). The quantitative estimate of drug-likeness (QED) is 0.588. The number of nitrogens with zero attached hydrogens (tertiary/aromatic N) is 2. The molecule has 1 atom stereocenters. The highest BCUT2D eigenvalue weighted by molar-refractivity contribution is 6.34. The van der Waals surface area contributed by atoms with Gasteiger partial charge in [0.1, 0.15) is 0 Å². The Labute approximate surface area is 102 Å². The molecule has 1 saturated heterocycles. The third-order valence-electron chi connectivity index (χ3n) is 3.06. The van der Waals surface area contributed by atoms with Gasteiger partial charge in [-0.25, -0.2) is 0 Å². The fourth-order valence-electron chi connectivity index (χ4n) is 1.66. The van der Waals surface area contributed by atoms with Gasteiger partial charge in [0.15, 0.2) is 0 Å². The van der Waals surface area contributed by atoms with E-state index in [1.54, 1.807) is 11.8 Å². The third-order valence-corrected chi connectivity index (χ3v) is 3.06. The van der Waals surface area contributed by atoms with Gasteiger partial charge in [-0.3, -0.25) is 9.59 Å². The number of rotatable bonds is 2. The molecular weight excluding hydrogens is 222 g/mol. The minimum absolute atomic E-state index is 0.142. The van der Waals surface area contributed by atoms with Crippen LogP contribution in [0.4, 0.5) is 0 Å². The van der Waals surface area contributed by atoms with Crippen molar-refractivity contribution in [1.82, 2.24) is 15.1 Å². The maximum absolute atomic E-state index is 11.9. The summed E-state index contributed by atoms with van der Waals surface area (Å²) in [6, 6.07) is -0.337. The lowest BCUT2D eigenvalue weighted by Crippen LogP contribution is -2.48. The van der Waals surface area contributed by atoms with E-state index >= 15 is 0 Å². The van der Waals surface area contributed by atoms with Gasteiger partial charge in [0.2, 0.25) is 0 Å². The van der Waals surface area contributed by atoms with E-state index in [2.05, 4.69) is 5.32 Å². The Hall–Kier alpha value is -1.14. The van der Waals surface area contributed by atoms with E-state index in [1.807, 2.05) is 0 Å². The Morgan fingerprint density at radius 2 is 2.12 bits per heavy atom. The average molecular weight is 243 g/mol. The van der Waals surface area contributed by atoms with Crippen molar-refractivity contribution in [3.8, 4) is 0 Å². The zero-order chi connectivity index (χ0) is 12.8. The summed E-state index contributed by atoms with van der Waals surface area (Å²) in [6.07, 6.45) is 0.859. The van der Waals surface area contributed by atoms with Crippen molar-refractivity contribution >= 4 is 11.8 Å². The van der Waals surface area contributed by atoms with E-state index in [9.17, 15) is 9.59 Å². The molecule has 2 N–H and O–H groups in total. The topological polar surface area (TPSA) is 72.9 Å². The Morgan fingerprint density at radius 1 is 1.41 bits per heavy atom. The lowest BCUT2D eigenvalue weighted by molar-refractivity contribution is -0.152. The number of nitrogens with one attached hydrogen (secondary N) is 1. The lowest BCUT2D eigenvalue weighted by atomic mass is 10.3. The minimum Gasteiger partial charge on any atom is -0.394 e. The molecule has 0 aromatic carbocycles. The van der Waals surface area contributed by atoms with Crippen molar-refractivity contribution in [2.24, 2.45) is 0 Å². The van der Waals surface area contributed by atoms with Gasteiger partial charge in [0, 0.05) is 26.7 Å². The van der Waals surface area contributed by atoms with Crippen LogP contribution in [-0.4, -0.2) is 72.6 Å². The molecule has 1 aliphatic rings. The second-order valence-electron chi connectivity index (χ2n) is 4.34. The predicted molar refractivity (Wildman–Crippen MR) is 63.4 cm³/mol. The van der Waals surface area contributed by atoms with Crippen LogP contribution in [0.3, 0.4) is 0 Å². The number of aliphatic hydroxyl groups excluding tert-OH is 1. The number of amides is 2. The van der Waals surface area contributed by atoms with Crippen LogP contribution in [0.15, 0.2) is 0 Å². The molecule has 1 unspecified atom stereocenters. The first-order chi connectivity index (χ1) is 8.07. The monoisotopic (exact) mass is 243 g/mol. The average Bonchev–Trinajstić information content (AvgIpc) is 2.63. The van der Waals surface area contributed by atoms with E-state index in [-0.39, 0.29) is 12.6 Å². The highest BCUT2D eigenvalue weighted by Crippen LogP contribution is 2.02. The molecule has 2 amide bonds. The molecule has 6 nitrogen and oxygen atoms in total. The molecule has 1 aliphatic heterocycles. The molecule has 0 saturated carbocycles. The van der Waals surface area contributed by atoms with Crippen LogP contribution in [0, 0.1) is 0 Å². The second-order valence-corrected chi connectivity index (χ2v) is 4.34. The van der Waals surface area contributed by atoms with Crippen molar-refractivity contribution in [3.63, 3.8) is 0 Å². The number of aliphatic hydroxyl groups is 1. The van der Waals surface area contributed by atoms with Crippen LogP contribution in [0.2, 0.25) is 0 Å². The maximum atomic E-state index is 11.9. The van der Waals surface area contributed by atoms with Crippen molar-refractivity contribution in [1.29, 1.82) is 0 Å². The molecule has 0 aromatic rings. The smallest absolute Gasteiger partial charge is 0.312 e. The number of likely N-dealkylation sites (N-methyl/N-ethyl adjacent to an activating group) is 1. The third kappa shape index (κ3) is 3.67. The minimum atomic E-state index is -0.548. The number of carbonyl (C=O) groups excluding carboxylic acids is 2. The summed E-state index contributed by atoms with van der Waals surface area (Å²) in [5, 5.41) is 12.1. The molecule has 1 fully saturated rings. The van der Waals surface area contributed by atoms with Crippen LogP contribution < -0.4 is 5.32 Å². The Balaban J connectivity index is 2.58. The summed E-state index contributed by atoms with van der Waals surface area (Å²) in [5.74, 6) is -1.02. The Morgan fingerprint density at radius 3 is 2.76 bits per heavy atom. The summed E-state index contributed by atoms with van der Waals surface area (Å²) < 4.78 is 0. The number of carbonyl (C=O) groups is 2. The highest BCUT2D eigenvalue weighted by atomic mass is 16.3. The maximum Gasteiger partial charge on any atom is 0.312 e. The molecular formula is C11H21N3O3.